The molecular weight excluding hydrogens is 414 g/mol. The number of rotatable bonds is 7. The van der Waals surface area contributed by atoms with Gasteiger partial charge in [0.15, 0.2) is 6.23 Å². The molecule has 2 aliphatic rings. The van der Waals surface area contributed by atoms with Crippen molar-refractivity contribution in [3.8, 4) is 0 Å². The topological polar surface area (TPSA) is 64.1 Å². The van der Waals surface area contributed by atoms with Crippen molar-refractivity contribution in [1.82, 2.24) is 14.7 Å². The second-order valence-electron chi connectivity index (χ2n) is 8.63. The molecule has 3 aromatic rings. The average Bonchev–Trinajstić information content (AvgIpc) is 3.26. The number of aliphatic hydroxyl groups excluding tert-OH is 1. The molecule has 0 spiro atoms. The van der Waals surface area contributed by atoms with E-state index in [0.29, 0.717) is 26.1 Å². The minimum atomic E-state index is -1.04. The number of likely N-dealkylation sites (tertiary alicyclic amines) is 1. The van der Waals surface area contributed by atoms with Gasteiger partial charge in [-0.25, -0.2) is 4.79 Å². The first-order valence-corrected chi connectivity index (χ1v) is 11.3. The maximum Gasteiger partial charge on any atom is 0.321 e. The number of hydrogen-bond acceptors (Lipinski definition) is 3. The number of aliphatic hydroxyl groups is 1. The van der Waals surface area contributed by atoms with Crippen LogP contribution in [0.25, 0.3) is 0 Å². The fraction of sp³-hybridized carbons (Fsp3) is 0.259. The number of fused-ring (bicyclic) bond motifs is 1. The van der Waals surface area contributed by atoms with Gasteiger partial charge in [-0.2, -0.15) is 0 Å². The number of urea groups is 1. The Balaban J connectivity index is 1.42. The third kappa shape index (κ3) is 4.10. The Kier molecular flexibility index (Phi) is 5.84. The first kappa shape index (κ1) is 21.2. The fourth-order valence-corrected chi connectivity index (χ4v) is 4.89. The van der Waals surface area contributed by atoms with Crippen LogP contribution in [0.3, 0.4) is 0 Å². The Bertz CT molecular complexity index is 1110. The van der Waals surface area contributed by atoms with Crippen molar-refractivity contribution in [1.29, 1.82) is 0 Å². The highest BCUT2D eigenvalue weighted by Crippen LogP contribution is 2.36. The molecule has 3 aromatic carbocycles. The fourth-order valence-electron chi connectivity index (χ4n) is 4.89. The van der Waals surface area contributed by atoms with Gasteiger partial charge in [-0.05, 0) is 23.1 Å². The third-order valence-corrected chi connectivity index (χ3v) is 6.55. The van der Waals surface area contributed by atoms with Gasteiger partial charge in [0.05, 0.1) is 0 Å². The zero-order valence-electron chi connectivity index (χ0n) is 18.3. The lowest BCUT2D eigenvalue weighted by molar-refractivity contribution is -0.136. The maximum atomic E-state index is 13.5. The van der Waals surface area contributed by atoms with E-state index in [0.717, 1.165) is 16.7 Å². The number of carbonyl (C=O) groups is 2. The summed E-state index contributed by atoms with van der Waals surface area (Å²) >= 11 is 0. The summed E-state index contributed by atoms with van der Waals surface area (Å²) in [6.07, 6.45) is -0.395. The first-order chi connectivity index (χ1) is 16.1. The summed E-state index contributed by atoms with van der Waals surface area (Å²) in [5.74, 6) is -0.191. The van der Waals surface area contributed by atoms with Crippen molar-refractivity contribution >= 4 is 11.9 Å². The molecule has 6 nitrogen and oxygen atoms in total. The van der Waals surface area contributed by atoms with Gasteiger partial charge >= 0.3 is 6.03 Å². The summed E-state index contributed by atoms with van der Waals surface area (Å²) in [5, 5.41) is 11.2. The zero-order valence-corrected chi connectivity index (χ0v) is 18.3. The molecular formula is C27H27N3O3. The van der Waals surface area contributed by atoms with Gasteiger partial charge in [-0.1, -0.05) is 91.0 Å². The van der Waals surface area contributed by atoms with E-state index in [9.17, 15) is 14.7 Å². The molecule has 0 saturated carbocycles. The Labute approximate surface area is 193 Å². The van der Waals surface area contributed by atoms with E-state index in [1.54, 1.807) is 9.80 Å². The summed E-state index contributed by atoms with van der Waals surface area (Å²) in [6.45, 7) is 1.09. The quantitative estimate of drug-likeness (QED) is 0.612. The lowest BCUT2D eigenvalue weighted by Gasteiger charge is -2.29. The van der Waals surface area contributed by atoms with Crippen LogP contribution in [-0.2, 0) is 24.3 Å². The van der Waals surface area contributed by atoms with Crippen LogP contribution in [0.2, 0.25) is 0 Å². The summed E-state index contributed by atoms with van der Waals surface area (Å²) in [6, 6.07) is 27.8. The van der Waals surface area contributed by atoms with Crippen LogP contribution in [0, 0.1) is 0 Å². The smallest absolute Gasteiger partial charge is 0.321 e. The molecule has 2 saturated heterocycles. The molecule has 168 valence electrons. The molecule has 33 heavy (non-hydrogen) atoms. The van der Waals surface area contributed by atoms with Crippen molar-refractivity contribution < 1.29 is 14.7 Å². The highest BCUT2D eigenvalue weighted by Gasteiger charge is 2.60. The van der Waals surface area contributed by atoms with E-state index >= 15 is 0 Å². The molecule has 0 bridgehead atoms. The van der Waals surface area contributed by atoms with Crippen molar-refractivity contribution in [2.75, 3.05) is 6.54 Å². The van der Waals surface area contributed by atoms with E-state index in [1.165, 1.54) is 4.90 Å². The Hall–Kier alpha value is -3.64. The number of benzene rings is 3. The molecule has 2 heterocycles. The molecule has 2 aliphatic heterocycles. The van der Waals surface area contributed by atoms with Gasteiger partial charge < -0.3 is 19.8 Å². The van der Waals surface area contributed by atoms with E-state index in [2.05, 4.69) is 0 Å². The molecule has 6 heteroatoms. The zero-order chi connectivity index (χ0) is 22.8. The molecule has 3 unspecified atom stereocenters. The first-order valence-electron chi connectivity index (χ1n) is 11.3. The molecule has 0 radical (unpaired) electrons. The van der Waals surface area contributed by atoms with Gasteiger partial charge in [-0.15, -0.1) is 0 Å². The van der Waals surface area contributed by atoms with Crippen LogP contribution >= 0.6 is 0 Å². The molecule has 3 amide bonds. The van der Waals surface area contributed by atoms with Gasteiger partial charge in [0.25, 0.3) is 0 Å². The molecule has 0 aromatic heterocycles. The minimum absolute atomic E-state index is 0.191. The Morgan fingerprint density at radius 1 is 0.636 bits per heavy atom. The number of nitrogens with zero attached hydrogens (tertiary/aromatic N) is 3. The normalized spacial score (nSPS) is 22.2. The lowest BCUT2D eigenvalue weighted by atomic mass is 10.1. The van der Waals surface area contributed by atoms with Crippen LogP contribution in [0.15, 0.2) is 91.0 Å². The molecule has 1 N–H and O–H groups in total. The predicted octanol–water partition coefficient (Wildman–Crippen LogP) is 3.26. The summed E-state index contributed by atoms with van der Waals surface area (Å²) in [7, 11) is 0. The minimum Gasteiger partial charge on any atom is -0.371 e. The van der Waals surface area contributed by atoms with Gasteiger partial charge in [0.2, 0.25) is 5.91 Å². The molecule has 5 rings (SSSR count). The van der Waals surface area contributed by atoms with Crippen LogP contribution in [0.4, 0.5) is 4.79 Å². The maximum absolute atomic E-state index is 13.5. The third-order valence-electron chi connectivity index (χ3n) is 6.55. The van der Waals surface area contributed by atoms with Crippen LogP contribution in [0.5, 0.6) is 0 Å². The van der Waals surface area contributed by atoms with Gasteiger partial charge in [0, 0.05) is 19.6 Å². The SMILES string of the molecule is O=C1C2C(C(O)N1CCc1ccccc1)N(Cc1ccccc1)C(=O)N2Cc1ccccc1. The van der Waals surface area contributed by atoms with E-state index in [4.69, 9.17) is 0 Å². The standard InChI is InChI=1S/C27H27N3O3/c31-25-23-24(26(32)28(25)17-16-20-10-4-1-5-11-20)30(19-22-14-8-3-9-15-22)27(33)29(23)18-21-12-6-2-7-13-21/h1-15,23-25,31H,16-19H2. The van der Waals surface area contributed by atoms with Crippen LogP contribution in [0.1, 0.15) is 16.7 Å². The van der Waals surface area contributed by atoms with Crippen molar-refractivity contribution in [2.24, 2.45) is 0 Å². The highest BCUT2D eigenvalue weighted by atomic mass is 16.3. The molecule has 0 aliphatic carbocycles. The van der Waals surface area contributed by atoms with E-state index in [-0.39, 0.29) is 11.9 Å². The summed E-state index contributed by atoms with van der Waals surface area (Å²) in [5.41, 5.74) is 3.03. The second kappa shape index (κ2) is 9.08. The summed E-state index contributed by atoms with van der Waals surface area (Å²) in [4.78, 5) is 31.8. The van der Waals surface area contributed by atoms with Crippen molar-refractivity contribution in [2.45, 2.75) is 37.8 Å². The predicted molar refractivity (Wildman–Crippen MR) is 125 cm³/mol. The highest BCUT2D eigenvalue weighted by molar-refractivity contribution is 5.94. The lowest BCUT2D eigenvalue weighted by Crippen LogP contribution is -2.46. The van der Waals surface area contributed by atoms with Crippen LogP contribution < -0.4 is 0 Å². The Morgan fingerprint density at radius 2 is 1.12 bits per heavy atom. The van der Waals surface area contributed by atoms with Crippen molar-refractivity contribution in [3.05, 3.63) is 108 Å². The van der Waals surface area contributed by atoms with E-state index < -0.39 is 18.3 Å². The average molecular weight is 442 g/mol. The number of hydrogen-bond donors (Lipinski definition) is 1. The molecule has 2 fully saturated rings. The van der Waals surface area contributed by atoms with Crippen LogP contribution in [-0.4, -0.2) is 56.6 Å². The Morgan fingerprint density at radius 3 is 1.67 bits per heavy atom. The van der Waals surface area contributed by atoms with E-state index in [1.807, 2.05) is 91.0 Å². The largest absolute Gasteiger partial charge is 0.371 e. The van der Waals surface area contributed by atoms with Gasteiger partial charge in [0.1, 0.15) is 12.1 Å². The van der Waals surface area contributed by atoms with Crippen molar-refractivity contribution in [3.63, 3.8) is 0 Å². The monoisotopic (exact) mass is 441 g/mol. The second-order valence-corrected chi connectivity index (χ2v) is 8.63. The summed E-state index contributed by atoms with van der Waals surface area (Å²) < 4.78 is 0. The number of amides is 3. The van der Waals surface area contributed by atoms with Gasteiger partial charge in [-0.3, -0.25) is 4.79 Å². The molecule has 3 atom stereocenters. The number of carbonyl (C=O) groups excluding carboxylic acids is 2.